The van der Waals surface area contributed by atoms with Gasteiger partial charge < -0.3 is 10.2 Å². The Balaban J connectivity index is 1.59. The topological polar surface area (TPSA) is 78.5 Å². The van der Waals surface area contributed by atoms with Crippen LogP contribution in [0.1, 0.15) is 48.0 Å². The van der Waals surface area contributed by atoms with Crippen molar-refractivity contribution >= 4 is 21.6 Å². The molecule has 0 bridgehead atoms. The highest BCUT2D eigenvalue weighted by Gasteiger charge is 2.19. The Morgan fingerprint density at radius 3 is 2.40 bits per heavy atom. The number of carbonyl (C=O) groups excluding carboxylic acids is 1. The molecule has 162 valence electrons. The van der Waals surface area contributed by atoms with Gasteiger partial charge in [0.25, 0.3) is 15.9 Å². The number of rotatable bonds is 8. The average molecular weight is 430 g/mol. The molecule has 1 aliphatic rings. The maximum absolute atomic E-state index is 12.8. The van der Waals surface area contributed by atoms with Crippen LogP contribution < -0.4 is 10.0 Å². The van der Waals surface area contributed by atoms with Crippen LogP contribution in [0.25, 0.3) is 0 Å². The van der Waals surface area contributed by atoms with Crippen LogP contribution in [0.4, 0.5) is 5.69 Å². The van der Waals surface area contributed by atoms with Crippen molar-refractivity contribution in [2.75, 3.05) is 30.9 Å². The van der Waals surface area contributed by atoms with E-state index in [4.69, 9.17) is 0 Å². The van der Waals surface area contributed by atoms with E-state index in [1.807, 2.05) is 6.07 Å². The van der Waals surface area contributed by atoms with Gasteiger partial charge in [-0.25, -0.2) is 8.42 Å². The molecule has 7 heteroatoms. The van der Waals surface area contributed by atoms with E-state index in [0.29, 0.717) is 23.4 Å². The van der Waals surface area contributed by atoms with Crippen LogP contribution in [0.15, 0.2) is 53.4 Å². The summed E-state index contributed by atoms with van der Waals surface area (Å²) in [7, 11) is -3.78. The van der Waals surface area contributed by atoms with Crippen LogP contribution in [-0.4, -0.2) is 45.4 Å². The summed E-state index contributed by atoms with van der Waals surface area (Å²) in [4.78, 5) is 15.1. The van der Waals surface area contributed by atoms with Gasteiger partial charge in [-0.1, -0.05) is 37.1 Å². The van der Waals surface area contributed by atoms with Crippen molar-refractivity contribution in [3.05, 3.63) is 59.7 Å². The Bertz CT molecular complexity index is 937. The van der Waals surface area contributed by atoms with Crippen LogP contribution in [0.2, 0.25) is 0 Å². The molecular weight excluding hydrogens is 398 g/mol. The van der Waals surface area contributed by atoms with Gasteiger partial charge in [0.2, 0.25) is 0 Å². The lowest BCUT2D eigenvalue weighted by Gasteiger charge is -2.19. The number of sulfonamides is 1. The molecule has 0 aliphatic carbocycles. The van der Waals surface area contributed by atoms with E-state index < -0.39 is 10.0 Å². The lowest BCUT2D eigenvalue weighted by atomic mass is 10.1. The predicted octanol–water partition coefficient (Wildman–Crippen LogP) is 3.79. The van der Waals surface area contributed by atoms with Crippen molar-refractivity contribution in [1.29, 1.82) is 0 Å². The SMILES string of the molecule is Cc1ccc(C(=O)NCCCN2CCCCCC2)cc1S(=O)(=O)Nc1ccccc1. The normalized spacial score (nSPS) is 15.4. The first kappa shape index (κ1) is 22.3. The molecule has 2 aromatic rings. The number of anilines is 1. The zero-order chi connectivity index (χ0) is 21.4. The van der Waals surface area contributed by atoms with Crippen molar-refractivity contribution < 1.29 is 13.2 Å². The average Bonchev–Trinajstić information content (AvgIpc) is 3.00. The highest BCUT2D eigenvalue weighted by Crippen LogP contribution is 2.21. The maximum atomic E-state index is 12.8. The second kappa shape index (κ2) is 10.6. The number of hydrogen-bond donors (Lipinski definition) is 2. The molecule has 30 heavy (non-hydrogen) atoms. The number of hydrogen-bond acceptors (Lipinski definition) is 4. The summed E-state index contributed by atoms with van der Waals surface area (Å²) in [6.45, 7) is 5.56. The minimum atomic E-state index is -3.78. The molecule has 0 spiro atoms. The molecular formula is C23H31N3O3S. The molecule has 0 radical (unpaired) electrons. The monoisotopic (exact) mass is 429 g/mol. The molecule has 0 unspecified atom stereocenters. The Morgan fingerprint density at radius 2 is 1.70 bits per heavy atom. The largest absolute Gasteiger partial charge is 0.352 e. The van der Waals surface area contributed by atoms with Gasteiger partial charge in [-0.05, 0) is 75.6 Å². The van der Waals surface area contributed by atoms with Gasteiger partial charge >= 0.3 is 0 Å². The van der Waals surface area contributed by atoms with E-state index >= 15 is 0 Å². The molecule has 6 nitrogen and oxygen atoms in total. The van der Waals surface area contributed by atoms with Crippen molar-refractivity contribution in [1.82, 2.24) is 10.2 Å². The first-order chi connectivity index (χ1) is 14.5. The highest BCUT2D eigenvalue weighted by atomic mass is 32.2. The second-order valence-corrected chi connectivity index (χ2v) is 9.47. The Kier molecular flexibility index (Phi) is 7.87. The summed E-state index contributed by atoms with van der Waals surface area (Å²) in [5.41, 5.74) is 1.43. The number of nitrogens with zero attached hydrogens (tertiary/aromatic N) is 1. The number of likely N-dealkylation sites (tertiary alicyclic amines) is 1. The molecule has 0 saturated carbocycles. The van der Waals surface area contributed by atoms with Gasteiger partial charge in [0, 0.05) is 17.8 Å². The summed E-state index contributed by atoms with van der Waals surface area (Å²) < 4.78 is 28.2. The quantitative estimate of drug-likeness (QED) is 0.626. The van der Waals surface area contributed by atoms with Crippen molar-refractivity contribution in [2.24, 2.45) is 0 Å². The maximum Gasteiger partial charge on any atom is 0.262 e. The summed E-state index contributed by atoms with van der Waals surface area (Å²) in [6.07, 6.45) is 6.02. The fraction of sp³-hybridized carbons (Fsp3) is 0.435. The molecule has 1 amide bonds. The second-order valence-electron chi connectivity index (χ2n) is 7.82. The van der Waals surface area contributed by atoms with E-state index in [2.05, 4.69) is 14.9 Å². The number of aryl methyl sites for hydroxylation is 1. The lowest BCUT2D eigenvalue weighted by Crippen LogP contribution is -2.30. The van der Waals surface area contributed by atoms with Gasteiger partial charge in [-0.15, -0.1) is 0 Å². The fourth-order valence-electron chi connectivity index (χ4n) is 3.71. The molecule has 0 atom stereocenters. The fourth-order valence-corrected chi connectivity index (χ4v) is 5.04. The molecule has 1 aliphatic heterocycles. The number of carbonyl (C=O) groups is 1. The molecule has 0 aromatic heterocycles. The van der Waals surface area contributed by atoms with Crippen LogP contribution >= 0.6 is 0 Å². The minimum Gasteiger partial charge on any atom is -0.352 e. The number of amides is 1. The van der Waals surface area contributed by atoms with E-state index in [1.54, 1.807) is 43.3 Å². The Morgan fingerprint density at radius 1 is 1.00 bits per heavy atom. The number of nitrogens with one attached hydrogen (secondary N) is 2. The summed E-state index contributed by atoms with van der Waals surface area (Å²) in [5.74, 6) is -0.248. The Hall–Kier alpha value is -2.38. The van der Waals surface area contributed by atoms with E-state index in [-0.39, 0.29) is 10.8 Å². The molecule has 3 rings (SSSR count). The molecule has 1 heterocycles. The van der Waals surface area contributed by atoms with E-state index in [0.717, 1.165) is 26.1 Å². The standard InChI is InChI=1S/C23H31N3O3S/c1-19-12-13-20(18-22(19)30(28,29)25-21-10-5-4-6-11-21)23(27)24-14-9-17-26-15-7-2-3-8-16-26/h4-6,10-13,18,25H,2-3,7-9,14-17H2,1H3,(H,24,27). The summed E-state index contributed by atoms with van der Waals surface area (Å²) >= 11 is 0. The van der Waals surface area contributed by atoms with Crippen molar-refractivity contribution in [3.63, 3.8) is 0 Å². The lowest BCUT2D eigenvalue weighted by molar-refractivity contribution is 0.0951. The zero-order valence-corrected chi connectivity index (χ0v) is 18.4. The van der Waals surface area contributed by atoms with Crippen LogP contribution in [0.3, 0.4) is 0 Å². The van der Waals surface area contributed by atoms with Crippen LogP contribution in [0, 0.1) is 6.92 Å². The number of para-hydroxylation sites is 1. The van der Waals surface area contributed by atoms with E-state index in [1.165, 1.54) is 31.7 Å². The van der Waals surface area contributed by atoms with Gasteiger partial charge in [0.15, 0.2) is 0 Å². The van der Waals surface area contributed by atoms with Gasteiger partial charge in [-0.2, -0.15) is 0 Å². The molecule has 2 aromatic carbocycles. The first-order valence-electron chi connectivity index (χ1n) is 10.6. The third-order valence-electron chi connectivity index (χ3n) is 5.40. The smallest absolute Gasteiger partial charge is 0.262 e. The molecule has 1 saturated heterocycles. The minimum absolute atomic E-state index is 0.114. The summed E-state index contributed by atoms with van der Waals surface area (Å²) in [6, 6.07) is 13.5. The Labute approximate surface area is 179 Å². The highest BCUT2D eigenvalue weighted by molar-refractivity contribution is 7.92. The first-order valence-corrected chi connectivity index (χ1v) is 12.1. The third kappa shape index (κ3) is 6.31. The predicted molar refractivity (Wildman–Crippen MR) is 120 cm³/mol. The van der Waals surface area contributed by atoms with Crippen molar-refractivity contribution in [3.8, 4) is 0 Å². The van der Waals surface area contributed by atoms with Crippen molar-refractivity contribution in [2.45, 2.75) is 43.9 Å². The summed E-state index contributed by atoms with van der Waals surface area (Å²) in [5, 5.41) is 2.92. The molecule has 1 fully saturated rings. The zero-order valence-electron chi connectivity index (χ0n) is 17.6. The van der Waals surface area contributed by atoms with Gasteiger partial charge in [0.05, 0.1) is 4.90 Å². The van der Waals surface area contributed by atoms with Gasteiger partial charge in [-0.3, -0.25) is 9.52 Å². The third-order valence-corrected chi connectivity index (χ3v) is 6.92. The van der Waals surface area contributed by atoms with Crippen LogP contribution in [0.5, 0.6) is 0 Å². The van der Waals surface area contributed by atoms with Gasteiger partial charge in [0.1, 0.15) is 0 Å². The van der Waals surface area contributed by atoms with E-state index in [9.17, 15) is 13.2 Å². The number of benzene rings is 2. The molecule has 2 N–H and O–H groups in total. The van der Waals surface area contributed by atoms with Crippen LogP contribution in [-0.2, 0) is 10.0 Å².